The van der Waals surface area contributed by atoms with Crippen molar-refractivity contribution in [2.24, 2.45) is 0 Å². The van der Waals surface area contributed by atoms with Gasteiger partial charge in [0, 0.05) is 5.69 Å². The Labute approximate surface area is 132 Å². The summed E-state index contributed by atoms with van der Waals surface area (Å²) >= 11 is 1.67. The lowest BCUT2D eigenvalue weighted by Crippen LogP contribution is -1.99. The maximum atomic E-state index is 4.80. The minimum atomic E-state index is 0.785. The van der Waals surface area contributed by atoms with E-state index in [9.17, 15) is 0 Å². The van der Waals surface area contributed by atoms with Crippen molar-refractivity contribution in [3.63, 3.8) is 0 Å². The molecule has 4 aromatic rings. The van der Waals surface area contributed by atoms with Gasteiger partial charge in [-0.3, -0.25) is 0 Å². The maximum absolute atomic E-state index is 4.80. The lowest BCUT2D eigenvalue weighted by molar-refractivity contribution is 1.29. The predicted molar refractivity (Wildman–Crippen MR) is 92.6 cm³/mol. The Kier molecular flexibility index (Phi) is 3.29. The van der Waals surface area contributed by atoms with Crippen LogP contribution in [-0.4, -0.2) is 9.97 Å². The van der Waals surface area contributed by atoms with Crippen LogP contribution >= 0.6 is 11.3 Å². The first-order chi connectivity index (χ1) is 10.9. The second-order valence-electron chi connectivity index (χ2n) is 4.88. The molecular formula is C18H13N3S. The molecule has 0 radical (unpaired) electrons. The summed E-state index contributed by atoms with van der Waals surface area (Å²) in [6, 6.07) is 22.1. The highest BCUT2D eigenvalue weighted by Crippen LogP contribution is 2.31. The van der Waals surface area contributed by atoms with Crippen LogP contribution in [0.2, 0.25) is 0 Å². The molecule has 0 saturated carbocycles. The fourth-order valence-corrected chi connectivity index (χ4v) is 3.05. The maximum Gasteiger partial charge on any atom is 0.158 e. The van der Waals surface area contributed by atoms with Crippen molar-refractivity contribution in [1.29, 1.82) is 0 Å². The summed E-state index contributed by atoms with van der Waals surface area (Å²) in [4.78, 5) is 10.7. The summed E-state index contributed by atoms with van der Waals surface area (Å²) < 4.78 is 0. The molecule has 0 aliphatic rings. The van der Waals surface area contributed by atoms with E-state index in [1.54, 1.807) is 11.3 Å². The van der Waals surface area contributed by atoms with Crippen LogP contribution in [0.15, 0.2) is 72.1 Å². The van der Waals surface area contributed by atoms with E-state index in [0.29, 0.717) is 0 Å². The van der Waals surface area contributed by atoms with Gasteiger partial charge in [0.25, 0.3) is 0 Å². The number of nitrogens with one attached hydrogen (secondary N) is 1. The van der Waals surface area contributed by atoms with Gasteiger partial charge in [-0.1, -0.05) is 36.4 Å². The number of para-hydroxylation sites is 3. The van der Waals surface area contributed by atoms with Crippen molar-refractivity contribution >= 4 is 33.9 Å². The highest BCUT2D eigenvalue weighted by Gasteiger charge is 2.12. The molecule has 0 spiro atoms. The number of fused-ring (bicyclic) bond motifs is 1. The quantitative estimate of drug-likeness (QED) is 0.572. The number of anilines is 2. The van der Waals surface area contributed by atoms with E-state index in [1.165, 1.54) is 0 Å². The molecular weight excluding hydrogens is 290 g/mol. The van der Waals surface area contributed by atoms with Crippen molar-refractivity contribution in [2.45, 2.75) is 0 Å². The molecule has 1 N–H and O–H groups in total. The van der Waals surface area contributed by atoms with Crippen LogP contribution < -0.4 is 5.32 Å². The molecule has 2 aromatic carbocycles. The topological polar surface area (TPSA) is 37.8 Å². The molecule has 2 aromatic heterocycles. The molecule has 22 heavy (non-hydrogen) atoms. The lowest BCUT2D eigenvalue weighted by atomic mass is 10.2. The molecule has 106 valence electrons. The third-order valence-corrected chi connectivity index (χ3v) is 4.24. The summed E-state index contributed by atoms with van der Waals surface area (Å²) in [5, 5.41) is 5.44. The molecule has 0 aliphatic heterocycles. The zero-order valence-corrected chi connectivity index (χ0v) is 12.5. The number of nitrogens with zero attached hydrogens (tertiary/aromatic N) is 2. The van der Waals surface area contributed by atoms with Gasteiger partial charge in [0.1, 0.15) is 5.69 Å². The van der Waals surface area contributed by atoms with Crippen LogP contribution in [0.4, 0.5) is 11.5 Å². The minimum Gasteiger partial charge on any atom is -0.338 e. The molecule has 0 bridgehead atoms. The van der Waals surface area contributed by atoms with E-state index in [2.05, 4.69) is 16.8 Å². The largest absolute Gasteiger partial charge is 0.338 e. The van der Waals surface area contributed by atoms with Crippen LogP contribution in [0, 0.1) is 0 Å². The van der Waals surface area contributed by atoms with Gasteiger partial charge in [-0.2, -0.15) is 0 Å². The monoisotopic (exact) mass is 303 g/mol. The molecule has 0 fully saturated rings. The smallest absolute Gasteiger partial charge is 0.158 e. The third kappa shape index (κ3) is 2.44. The first-order valence-corrected chi connectivity index (χ1v) is 7.91. The van der Waals surface area contributed by atoms with Crippen molar-refractivity contribution in [1.82, 2.24) is 9.97 Å². The Morgan fingerprint density at radius 1 is 0.727 bits per heavy atom. The van der Waals surface area contributed by atoms with Crippen molar-refractivity contribution in [3.05, 3.63) is 72.1 Å². The molecule has 0 saturated heterocycles. The molecule has 0 atom stereocenters. The van der Waals surface area contributed by atoms with Crippen molar-refractivity contribution in [3.8, 4) is 10.6 Å². The number of benzene rings is 2. The van der Waals surface area contributed by atoms with Crippen LogP contribution in [0.5, 0.6) is 0 Å². The highest BCUT2D eigenvalue weighted by atomic mass is 32.1. The first kappa shape index (κ1) is 13.0. The molecule has 2 heterocycles. The summed E-state index contributed by atoms with van der Waals surface area (Å²) in [6.45, 7) is 0. The van der Waals surface area contributed by atoms with E-state index in [4.69, 9.17) is 9.97 Å². The minimum absolute atomic E-state index is 0.785. The second-order valence-corrected chi connectivity index (χ2v) is 5.83. The van der Waals surface area contributed by atoms with Crippen LogP contribution in [-0.2, 0) is 0 Å². The Balaban J connectivity index is 1.89. The summed E-state index contributed by atoms with van der Waals surface area (Å²) in [5.41, 5.74) is 3.69. The molecule has 0 unspecified atom stereocenters. The Morgan fingerprint density at radius 2 is 1.45 bits per heavy atom. The van der Waals surface area contributed by atoms with E-state index >= 15 is 0 Å². The number of hydrogen-bond acceptors (Lipinski definition) is 4. The van der Waals surface area contributed by atoms with Crippen molar-refractivity contribution in [2.75, 3.05) is 5.32 Å². The summed E-state index contributed by atoms with van der Waals surface area (Å²) in [6.07, 6.45) is 0. The normalized spacial score (nSPS) is 10.7. The van der Waals surface area contributed by atoms with Gasteiger partial charge >= 0.3 is 0 Å². The fraction of sp³-hybridized carbons (Fsp3) is 0. The van der Waals surface area contributed by atoms with Crippen LogP contribution in [0.25, 0.3) is 21.6 Å². The average molecular weight is 303 g/mol. The fourth-order valence-electron chi connectivity index (χ4n) is 2.33. The number of hydrogen-bond donors (Lipinski definition) is 1. The predicted octanol–water partition coefficient (Wildman–Crippen LogP) is 5.10. The summed E-state index contributed by atoms with van der Waals surface area (Å²) in [7, 11) is 0. The van der Waals surface area contributed by atoms with Crippen molar-refractivity contribution < 1.29 is 0 Å². The van der Waals surface area contributed by atoms with E-state index in [0.717, 1.165) is 33.1 Å². The number of thiophene rings is 1. The highest BCUT2D eigenvalue weighted by molar-refractivity contribution is 7.13. The van der Waals surface area contributed by atoms with E-state index < -0.39 is 0 Å². The zero-order valence-electron chi connectivity index (χ0n) is 11.7. The van der Waals surface area contributed by atoms with Gasteiger partial charge in [-0.05, 0) is 35.7 Å². The second kappa shape index (κ2) is 5.58. The molecule has 4 heteroatoms. The SMILES string of the molecule is c1ccc(Nc2nc3ccccc3nc2-c2cccs2)cc1. The van der Waals surface area contributed by atoms with E-state index in [1.807, 2.05) is 60.7 Å². The zero-order chi connectivity index (χ0) is 14.8. The van der Waals surface area contributed by atoms with Crippen LogP contribution in [0.3, 0.4) is 0 Å². The van der Waals surface area contributed by atoms with Gasteiger partial charge in [-0.25, -0.2) is 9.97 Å². The summed E-state index contributed by atoms with van der Waals surface area (Å²) in [5.74, 6) is 0.785. The van der Waals surface area contributed by atoms with Gasteiger partial charge in [0.15, 0.2) is 5.82 Å². The average Bonchev–Trinajstić information content (AvgIpc) is 3.09. The Bertz CT molecular complexity index is 902. The Hall–Kier alpha value is -2.72. The third-order valence-electron chi connectivity index (χ3n) is 3.36. The van der Waals surface area contributed by atoms with Gasteiger partial charge in [-0.15, -0.1) is 11.3 Å². The van der Waals surface area contributed by atoms with Gasteiger partial charge in [0.2, 0.25) is 0 Å². The number of rotatable bonds is 3. The van der Waals surface area contributed by atoms with E-state index in [-0.39, 0.29) is 0 Å². The first-order valence-electron chi connectivity index (χ1n) is 7.03. The van der Waals surface area contributed by atoms with Crippen LogP contribution in [0.1, 0.15) is 0 Å². The molecule has 0 aliphatic carbocycles. The van der Waals surface area contributed by atoms with Gasteiger partial charge < -0.3 is 5.32 Å². The lowest BCUT2D eigenvalue weighted by Gasteiger charge is -2.11. The molecule has 4 rings (SSSR count). The molecule has 0 amide bonds. The van der Waals surface area contributed by atoms with Gasteiger partial charge in [0.05, 0.1) is 15.9 Å². The Morgan fingerprint density at radius 3 is 2.18 bits per heavy atom. The molecule has 3 nitrogen and oxygen atoms in total. The number of aromatic nitrogens is 2. The standard InChI is InChI=1S/C18H13N3S/c1-2-7-13(8-3-1)19-18-17(16-11-6-12-22-16)20-14-9-4-5-10-15(14)21-18/h1-12H,(H,19,21).